The standard InChI is InChI=1S/C14H22N2/c1-13(16-10-6-3-7-11-16)15-12-14-8-4-2-5-9-14/h2,4-5,8-9,13,15H,3,6-7,10-12H2,1H3. The molecule has 0 spiro atoms. The molecular weight excluding hydrogens is 196 g/mol. The molecular formula is C14H22N2. The van der Waals surface area contributed by atoms with Gasteiger partial charge in [-0.1, -0.05) is 36.8 Å². The van der Waals surface area contributed by atoms with Crippen LogP contribution < -0.4 is 5.32 Å². The molecule has 2 nitrogen and oxygen atoms in total. The van der Waals surface area contributed by atoms with Gasteiger partial charge in [-0.3, -0.25) is 10.2 Å². The monoisotopic (exact) mass is 218 g/mol. The van der Waals surface area contributed by atoms with Crippen molar-refractivity contribution in [1.82, 2.24) is 10.2 Å². The quantitative estimate of drug-likeness (QED) is 0.835. The van der Waals surface area contributed by atoms with Crippen LogP contribution in [0.2, 0.25) is 0 Å². The Balaban J connectivity index is 1.76. The van der Waals surface area contributed by atoms with E-state index in [0.717, 1.165) is 6.54 Å². The molecule has 1 aromatic rings. The highest BCUT2D eigenvalue weighted by Gasteiger charge is 2.15. The molecule has 0 saturated carbocycles. The van der Waals surface area contributed by atoms with Crippen LogP contribution >= 0.6 is 0 Å². The second-order valence-electron chi connectivity index (χ2n) is 4.64. The van der Waals surface area contributed by atoms with Gasteiger partial charge in [-0.25, -0.2) is 0 Å². The van der Waals surface area contributed by atoms with Crippen molar-refractivity contribution < 1.29 is 0 Å². The van der Waals surface area contributed by atoms with E-state index in [2.05, 4.69) is 47.5 Å². The van der Waals surface area contributed by atoms with E-state index in [1.807, 2.05) is 0 Å². The molecule has 0 radical (unpaired) electrons. The first kappa shape index (κ1) is 11.6. The van der Waals surface area contributed by atoms with Gasteiger partial charge in [0.1, 0.15) is 0 Å². The largest absolute Gasteiger partial charge is 0.298 e. The molecule has 1 atom stereocenters. The van der Waals surface area contributed by atoms with E-state index in [1.54, 1.807) is 0 Å². The number of nitrogens with one attached hydrogen (secondary N) is 1. The van der Waals surface area contributed by atoms with Gasteiger partial charge in [-0.2, -0.15) is 0 Å². The molecule has 1 fully saturated rings. The molecule has 0 aromatic heterocycles. The maximum Gasteiger partial charge on any atom is 0.0570 e. The summed E-state index contributed by atoms with van der Waals surface area (Å²) in [6.45, 7) is 5.75. The number of rotatable bonds is 4. The predicted octanol–water partition coefficient (Wildman–Crippen LogP) is 2.61. The van der Waals surface area contributed by atoms with Crippen molar-refractivity contribution in [2.24, 2.45) is 0 Å². The second-order valence-corrected chi connectivity index (χ2v) is 4.64. The van der Waals surface area contributed by atoms with Crippen LogP contribution in [-0.4, -0.2) is 24.2 Å². The molecule has 1 aliphatic rings. The smallest absolute Gasteiger partial charge is 0.0570 e. The molecule has 0 amide bonds. The van der Waals surface area contributed by atoms with Crippen LogP contribution in [0.1, 0.15) is 31.7 Å². The van der Waals surface area contributed by atoms with E-state index in [1.165, 1.54) is 37.9 Å². The van der Waals surface area contributed by atoms with E-state index in [-0.39, 0.29) is 0 Å². The van der Waals surface area contributed by atoms with E-state index < -0.39 is 0 Å². The van der Waals surface area contributed by atoms with Crippen molar-refractivity contribution in [2.45, 2.75) is 38.9 Å². The zero-order valence-corrected chi connectivity index (χ0v) is 10.2. The fourth-order valence-electron chi connectivity index (χ4n) is 2.30. The maximum absolute atomic E-state index is 3.59. The summed E-state index contributed by atoms with van der Waals surface area (Å²) in [4.78, 5) is 2.55. The Labute approximate surface area is 98.7 Å². The Bertz CT molecular complexity index is 291. The Hall–Kier alpha value is -0.860. The fourth-order valence-corrected chi connectivity index (χ4v) is 2.30. The minimum atomic E-state index is 0.500. The first-order valence-electron chi connectivity index (χ1n) is 6.37. The minimum absolute atomic E-state index is 0.500. The molecule has 1 heterocycles. The molecule has 88 valence electrons. The van der Waals surface area contributed by atoms with Gasteiger partial charge in [0, 0.05) is 6.54 Å². The molecule has 0 aliphatic carbocycles. The normalized spacial score (nSPS) is 19.6. The molecule has 16 heavy (non-hydrogen) atoms. The van der Waals surface area contributed by atoms with E-state index in [9.17, 15) is 0 Å². The highest BCUT2D eigenvalue weighted by atomic mass is 15.3. The summed E-state index contributed by atoms with van der Waals surface area (Å²) in [6.07, 6.45) is 4.62. The molecule has 1 N–H and O–H groups in total. The van der Waals surface area contributed by atoms with Crippen molar-refractivity contribution >= 4 is 0 Å². The van der Waals surface area contributed by atoms with Crippen LogP contribution in [0.25, 0.3) is 0 Å². The lowest BCUT2D eigenvalue weighted by molar-refractivity contribution is 0.147. The number of nitrogens with zero attached hydrogens (tertiary/aromatic N) is 1. The van der Waals surface area contributed by atoms with Crippen LogP contribution in [-0.2, 0) is 6.54 Å². The Morgan fingerprint density at radius 2 is 1.81 bits per heavy atom. The summed E-state index contributed by atoms with van der Waals surface area (Å²) < 4.78 is 0. The second kappa shape index (κ2) is 6.02. The third-order valence-electron chi connectivity index (χ3n) is 3.38. The SMILES string of the molecule is CC(NCc1ccccc1)N1CCCCC1. The van der Waals surface area contributed by atoms with Gasteiger partial charge >= 0.3 is 0 Å². The number of piperidine rings is 1. The lowest BCUT2D eigenvalue weighted by Crippen LogP contribution is -2.45. The lowest BCUT2D eigenvalue weighted by atomic mass is 10.1. The van der Waals surface area contributed by atoms with Gasteiger partial charge in [0.25, 0.3) is 0 Å². The third kappa shape index (κ3) is 3.32. The van der Waals surface area contributed by atoms with Gasteiger partial charge in [0.05, 0.1) is 6.17 Å². The molecule has 2 heteroatoms. The van der Waals surface area contributed by atoms with Crippen LogP contribution in [0.4, 0.5) is 0 Å². The Morgan fingerprint density at radius 1 is 1.12 bits per heavy atom. The van der Waals surface area contributed by atoms with Gasteiger partial charge in [0.2, 0.25) is 0 Å². The first-order valence-corrected chi connectivity index (χ1v) is 6.37. The van der Waals surface area contributed by atoms with Crippen molar-refractivity contribution in [3.05, 3.63) is 35.9 Å². The van der Waals surface area contributed by atoms with Crippen molar-refractivity contribution in [2.75, 3.05) is 13.1 Å². The average molecular weight is 218 g/mol. The highest BCUT2D eigenvalue weighted by Crippen LogP contribution is 2.11. The third-order valence-corrected chi connectivity index (χ3v) is 3.38. The topological polar surface area (TPSA) is 15.3 Å². The Morgan fingerprint density at radius 3 is 2.50 bits per heavy atom. The number of hydrogen-bond donors (Lipinski definition) is 1. The predicted molar refractivity (Wildman–Crippen MR) is 68.2 cm³/mol. The zero-order valence-electron chi connectivity index (χ0n) is 10.2. The van der Waals surface area contributed by atoms with E-state index in [4.69, 9.17) is 0 Å². The summed E-state index contributed by atoms with van der Waals surface area (Å²) in [5.41, 5.74) is 1.37. The molecule has 1 saturated heterocycles. The van der Waals surface area contributed by atoms with Gasteiger partial charge < -0.3 is 0 Å². The average Bonchev–Trinajstić information content (AvgIpc) is 2.38. The number of hydrogen-bond acceptors (Lipinski definition) is 2. The van der Waals surface area contributed by atoms with E-state index in [0.29, 0.717) is 6.17 Å². The summed E-state index contributed by atoms with van der Waals surface area (Å²) in [7, 11) is 0. The van der Waals surface area contributed by atoms with Gasteiger partial charge in [-0.15, -0.1) is 0 Å². The fraction of sp³-hybridized carbons (Fsp3) is 0.571. The lowest BCUT2D eigenvalue weighted by Gasteiger charge is -2.32. The van der Waals surface area contributed by atoms with Crippen molar-refractivity contribution in [1.29, 1.82) is 0 Å². The van der Waals surface area contributed by atoms with Crippen LogP contribution in [0.5, 0.6) is 0 Å². The molecule has 1 unspecified atom stereocenters. The molecule has 0 bridgehead atoms. The zero-order chi connectivity index (χ0) is 11.2. The van der Waals surface area contributed by atoms with Crippen molar-refractivity contribution in [3.8, 4) is 0 Å². The first-order chi connectivity index (χ1) is 7.86. The maximum atomic E-state index is 3.59. The van der Waals surface area contributed by atoms with Crippen molar-refractivity contribution in [3.63, 3.8) is 0 Å². The van der Waals surface area contributed by atoms with Gasteiger partial charge in [0.15, 0.2) is 0 Å². The molecule has 1 aromatic carbocycles. The summed E-state index contributed by atoms with van der Waals surface area (Å²) in [6, 6.07) is 10.6. The summed E-state index contributed by atoms with van der Waals surface area (Å²) >= 11 is 0. The molecule has 1 aliphatic heterocycles. The highest BCUT2D eigenvalue weighted by molar-refractivity contribution is 5.14. The number of benzene rings is 1. The van der Waals surface area contributed by atoms with Gasteiger partial charge in [-0.05, 0) is 38.4 Å². The van der Waals surface area contributed by atoms with E-state index >= 15 is 0 Å². The van der Waals surface area contributed by atoms with Crippen LogP contribution in [0.3, 0.4) is 0 Å². The summed E-state index contributed by atoms with van der Waals surface area (Å²) in [5, 5.41) is 3.59. The summed E-state index contributed by atoms with van der Waals surface area (Å²) in [5.74, 6) is 0. The minimum Gasteiger partial charge on any atom is -0.298 e. The van der Waals surface area contributed by atoms with Crippen LogP contribution in [0.15, 0.2) is 30.3 Å². The number of likely N-dealkylation sites (tertiary alicyclic amines) is 1. The molecule has 2 rings (SSSR count). The Kier molecular flexibility index (Phi) is 4.37. The van der Waals surface area contributed by atoms with Crippen LogP contribution in [0, 0.1) is 0 Å².